The number of imide groups is 1. The van der Waals surface area contributed by atoms with E-state index in [2.05, 4.69) is 10.1 Å². The van der Waals surface area contributed by atoms with E-state index in [0.717, 1.165) is 4.90 Å². The molecule has 2 aliphatic rings. The Hall–Kier alpha value is -3.54. The van der Waals surface area contributed by atoms with Crippen molar-refractivity contribution in [3.63, 3.8) is 0 Å². The first kappa shape index (κ1) is 23.6. The third-order valence-corrected chi connectivity index (χ3v) is 6.73. The van der Waals surface area contributed by atoms with Crippen molar-refractivity contribution >= 4 is 35.1 Å². The minimum Gasteiger partial charge on any atom is -0.435 e. The summed E-state index contributed by atoms with van der Waals surface area (Å²) in [6.07, 6.45) is 0. The summed E-state index contributed by atoms with van der Waals surface area (Å²) in [4.78, 5) is 55.5. The van der Waals surface area contributed by atoms with Crippen LogP contribution in [0.1, 0.15) is 22.2 Å². The van der Waals surface area contributed by atoms with Gasteiger partial charge in [0.25, 0.3) is 11.8 Å². The standard InChI is InChI=1S/C22H22F2N4O5S/c1-22(14-4-6-15(7-5-14)33-20(23)24)19(31)28(21(32)25-22)13-17(29)26-8-10-27(11-9-26)18(30)16-3-2-12-34-16/h2-7,12,20H,8-11,13H2,1H3,(H,25,32)/t22-/m1/s1. The van der Waals surface area contributed by atoms with Crippen molar-refractivity contribution in [1.29, 1.82) is 0 Å². The number of carbonyl (C=O) groups excluding carboxylic acids is 4. The summed E-state index contributed by atoms with van der Waals surface area (Å²) in [5, 5.41) is 4.40. The largest absolute Gasteiger partial charge is 0.435 e. The average molecular weight is 493 g/mol. The molecule has 1 atom stereocenters. The van der Waals surface area contributed by atoms with Gasteiger partial charge in [0.15, 0.2) is 0 Å². The van der Waals surface area contributed by atoms with E-state index in [9.17, 15) is 28.0 Å². The number of nitrogens with zero attached hydrogens (tertiary/aromatic N) is 3. The topological polar surface area (TPSA) is 99.3 Å². The van der Waals surface area contributed by atoms with E-state index in [4.69, 9.17) is 0 Å². The Balaban J connectivity index is 1.37. The Bertz CT molecular complexity index is 1090. The molecule has 0 aliphatic carbocycles. The molecule has 2 aromatic rings. The number of hydrogen-bond donors (Lipinski definition) is 1. The fourth-order valence-corrected chi connectivity index (χ4v) is 4.65. The molecule has 2 aliphatic heterocycles. The first-order chi connectivity index (χ1) is 16.2. The molecule has 0 radical (unpaired) electrons. The van der Waals surface area contributed by atoms with Crippen LogP contribution in [-0.2, 0) is 15.1 Å². The second-order valence-electron chi connectivity index (χ2n) is 8.00. The van der Waals surface area contributed by atoms with Gasteiger partial charge in [0.05, 0.1) is 4.88 Å². The maximum Gasteiger partial charge on any atom is 0.387 e. The Morgan fingerprint density at radius 1 is 1.09 bits per heavy atom. The molecule has 9 nitrogen and oxygen atoms in total. The fourth-order valence-electron chi connectivity index (χ4n) is 3.96. The van der Waals surface area contributed by atoms with Crippen LogP contribution >= 0.6 is 11.3 Å². The Morgan fingerprint density at radius 2 is 1.74 bits per heavy atom. The zero-order chi connectivity index (χ0) is 24.5. The number of rotatable bonds is 6. The van der Waals surface area contributed by atoms with Gasteiger partial charge in [-0.1, -0.05) is 18.2 Å². The highest BCUT2D eigenvalue weighted by atomic mass is 32.1. The molecule has 1 aromatic carbocycles. The maximum atomic E-state index is 13.1. The van der Waals surface area contributed by atoms with Crippen LogP contribution in [0.3, 0.4) is 0 Å². The van der Waals surface area contributed by atoms with Gasteiger partial charge < -0.3 is 19.9 Å². The van der Waals surface area contributed by atoms with Crippen LogP contribution in [0.2, 0.25) is 0 Å². The van der Waals surface area contributed by atoms with E-state index in [1.54, 1.807) is 17.0 Å². The van der Waals surface area contributed by atoms with E-state index < -0.39 is 36.5 Å². The van der Waals surface area contributed by atoms with Crippen molar-refractivity contribution in [2.45, 2.75) is 19.1 Å². The lowest BCUT2D eigenvalue weighted by atomic mass is 9.92. The van der Waals surface area contributed by atoms with Gasteiger partial charge in [-0.25, -0.2) is 4.79 Å². The quantitative estimate of drug-likeness (QED) is 0.623. The zero-order valence-corrected chi connectivity index (χ0v) is 19.0. The molecule has 4 rings (SSSR count). The van der Waals surface area contributed by atoms with E-state index >= 15 is 0 Å². The second kappa shape index (κ2) is 9.37. The SMILES string of the molecule is C[C@]1(c2ccc(OC(F)F)cc2)NC(=O)N(CC(=O)N2CCN(C(=O)c3cccs3)CC2)C1=O. The monoisotopic (exact) mass is 492 g/mol. The number of halogens is 2. The van der Waals surface area contributed by atoms with Crippen molar-refractivity contribution < 1.29 is 32.7 Å². The summed E-state index contributed by atoms with van der Waals surface area (Å²) in [7, 11) is 0. The second-order valence-corrected chi connectivity index (χ2v) is 8.95. The number of ether oxygens (including phenoxy) is 1. The summed E-state index contributed by atoms with van der Waals surface area (Å²) in [6, 6.07) is 8.19. The first-order valence-electron chi connectivity index (χ1n) is 10.5. The minimum atomic E-state index is -2.98. The number of thiophene rings is 1. The van der Waals surface area contributed by atoms with Crippen LogP contribution in [-0.4, -0.2) is 77.8 Å². The van der Waals surface area contributed by atoms with Gasteiger partial charge in [0, 0.05) is 26.2 Å². The highest BCUT2D eigenvalue weighted by Gasteiger charge is 2.49. The molecule has 3 heterocycles. The first-order valence-corrected chi connectivity index (χ1v) is 11.4. The lowest BCUT2D eigenvalue weighted by Crippen LogP contribution is -2.53. The van der Waals surface area contributed by atoms with Gasteiger partial charge in [-0.3, -0.25) is 19.3 Å². The molecule has 2 fully saturated rings. The van der Waals surface area contributed by atoms with E-state index in [-0.39, 0.29) is 11.7 Å². The number of alkyl halides is 2. The molecule has 1 aromatic heterocycles. The summed E-state index contributed by atoms with van der Waals surface area (Å²) in [5.74, 6) is -1.20. The molecule has 0 spiro atoms. The number of urea groups is 1. The lowest BCUT2D eigenvalue weighted by Gasteiger charge is -2.35. The molecule has 0 bridgehead atoms. The van der Waals surface area contributed by atoms with Gasteiger partial charge >= 0.3 is 12.6 Å². The molecule has 34 heavy (non-hydrogen) atoms. The number of piperazine rings is 1. The Kier molecular flexibility index (Phi) is 6.51. The van der Waals surface area contributed by atoms with Crippen molar-refractivity contribution in [3.8, 4) is 5.75 Å². The van der Waals surface area contributed by atoms with E-state index in [0.29, 0.717) is 36.6 Å². The molecular weight excluding hydrogens is 470 g/mol. The third kappa shape index (κ3) is 4.58. The van der Waals surface area contributed by atoms with Crippen LogP contribution in [0, 0.1) is 0 Å². The minimum absolute atomic E-state index is 0.0807. The van der Waals surface area contributed by atoms with Gasteiger partial charge in [-0.05, 0) is 36.1 Å². The normalized spacial score (nSPS) is 20.6. The molecular formula is C22H22F2N4O5S. The van der Waals surface area contributed by atoms with Crippen LogP contribution in [0.25, 0.3) is 0 Å². The van der Waals surface area contributed by atoms with Gasteiger partial charge in [0.1, 0.15) is 17.8 Å². The fraction of sp³-hybridized carbons (Fsp3) is 0.364. The molecule has 0 saturated carbocycles. The van der Waals surface area contributed by atoms with Gasteiger partial charge in [0.2, 0.25) is 5.91 Å². The molecule has 2 saturated heterocycles. The number of nitrogens with one attached hydrogen (secondary N) is 1. The van der Waals surface area contributed by atoms with Crippen molar-refractivity contribution in [3.05, 3.63) is 52.2 Å². The molecule has 1 N–H and O–H groups in total. The van der Waals surface area contributed by atoms with Crippen molar-refractivity contribution in [2.75, 3.05) is 32.7 Å². The van der Waals surface area contributed by atoms with Crippen LogP contribution < -0.4 is 10.1 Å². The number of hydrogen-bond acceptors (Lipinski definition) is 6. The number of amides is 5. The predicted molar refractivity (Wildman–Crippen MR) is 117 cm³/mol. The summed E-state index contributed by atoms with van der Waals surface area (Å²) < 4.78 is 29.0. The van der Waals surface area contributed by atoms with Crippen LogP contribution in [0.15, 0.2) is 41.8 Å². The smallest absolute Gasteiger partial charge is 0.387 e. The summed E-state index contributed by atoms with van der Waals surface area (Å²) >= 11 is 1.35. The molecule has 0 unspecified atom stereocenters. The lowest BCUT2D eigenvalue weighted by molar-refractivity contribution is -0.139. The van der Waals surface area contributed by atoms with Gasteiger partial charge in [-0.2, -0.15) is 8.78 Å². The van der Waals surface area contributed by atoms with E-state index in [1.165, 1.54) is 47.4 Å². The van der Waals surface area contributed by atoms with Crippen LogP contribution in [0.5, 0.6) is 5.75 Å². The highest BCUT2D eigenvalue weighted by Crippen LogP contribution is 2.30. The number of benzene rings is 1. The Labute approximate surface area is 197 Å². The molecule has 180 valence electrons. The molecule has 5 amide bonds. The average Bonchev–Trinajstić information content (AvgIpc) is 3.43. The predicted octanol–water partition coefficient (Wildman–Crippen LogP) is 2.10. The summed E-state index contributed by atoms with van der Waals surface area (Å²) in [6.45, 7) is -0.640. The van der Waals surface area contributed by atoms with Crippen molar-refractivity contribution in [1.82, 2.24) is 20.0 Å². The number of carbonyl (C=O) groups is 4. The van der Waals surface area contributed by atoms with Gasteiger partial charge in [-0.15, -0.1) is 11.3 Å². The van der Waals surface area contributed by atoms with Crippen molar-refractivity contribution in [2.24, 2.45) is 0 Å². The van der Waals surface area contributed by atoms with Crippen LogP contribution in [0.4, 0.5) is 13.6 Å². The summed E-state index contributed by atoms with van der Waals surface area (Å²) in [5.41, 5.74) is -1.09. The zero-order valence-electron chi connectivity index (χ0n) is 18.2. The maximum absolute atomic E-state index is 13.1. The molecule has 12 heteroatoms. The highest BCUT2D eigenvalue weighted by molar-refractivity contribution is 7.12. The Morgan fingerprint density at radius 3 is 2.32 bits per heavy atom. The third-order valence-electron chi connectivity index (χ3n) is 5.88. The van der Waals surface area contributed by atoms with E-state index in [1.807, 2.05) is 5.38 Å².